The van der Waals surface area contributed by atoms with Crippen LogP contribution in [0.4, 0.5) is 5.69 Å². The second kappa shape index (κ2) is 6.15. The molecule has 2 rings (SSSR count). The summed E-state index contributed by atoms with van der Waals surface area (Å²) in [5, 5.41) is 6.92. The fourth-order valence-electron chi connectivity index (χ4n) is 2.43. The first-order valence-electron chi connectivity index (χ1n) is 6.47. The molecule has 2 N–H and O–H groups in total. The van der Waals surface area contributed by atoms with Crippen molar-refractivity contribution in [3.63, 3.8) is 0 Å². The van der Waals surface area contributed by atoms with Crippen molar-refractivity contribution >= 4 is 23.2 Å². The Labute approximate surface area is 118 Å². The number of methoxy groups -OCH3 is 1. The molecular weight excluding hydrogens is 264 g/mol. The second-order valence-electron chi connectivity index (χ2n) is 4.84. The minimum Gasteiger partial charge on any atom is -0.494 e. The molecule has 0 spiro atoms. The highest BCUT2D eigenvalue weighted by molar-refractivity contribution is 6.31. The van der Waals surface area contributed by atoms with Gasteiger partial charge in [-0.2, -0.15) is 0 Å². The standard InChI is InChI=1S/C14H19ClN2O2/c1-9-6-10(15)7-12(14(9)19-2)17-11-4-3-5-16-13(18)8-11/h6-7,11,17H,3-5,8H2,1-2H3,(H,16,18). The van der Waals surface area contributed by atoms with Gasteiger partial charge in [-0.15, -0.1) is 0 Å². The molecule has 1 saturated heterocycles. The molecule has 19 heavy (non-hydrogen) atoms. The van der Waals surface area contributed by atoms with Crippen LogP contribution in [0.5, 0.6) is 5.75 Å². The van der Waals surface area contributed by atoms with Crippen LogP contribution in [0.3, 0.4) is 0 Å². The number of carbonyl (C=O) groups excluding carboxylic acids is 1. The molecule has 1 amide bonds. The number of hydrogen-bond acceptors (Lipinski definition) is 3. The van der Waals surface area contributed by atoms with E-state index in [9.17, 15) is 4.79 Å². The Morgan fingerprint density at radius 1 is 1.47 bits per heavy atom. The molecule has 4 nitrogen and oxygen atoms in total. The summed E-state index contributed by atoms with van der Waals surface area (Å²) in [5.41, 5.74) is 1.84. The van der Waals surface area contributed by atoms with Crippen LogP contribution >= 0.6 is 11.6 Å². The number of benzene rings is 1. The number of anilines is 1. The number of aryl methyl sites for hydroxylation is 1. The van der Waals surface area contributed by atoms with Crippen LogP contribution in [0.1, 0.15) is 24.8 Å². The zero-order valence-electron chi connectivity index (χ0n) is 11.3. The first-order valence-corrected chi connectivity index (χ1v) is 6.85. The Bertz CT molecular complexity index is 477. The number of ether oxygens (including phenoxy) is 1. The highest BCUT2D eigenvalue weighted by Crippen LogP contribution is 2.33. The van der Waals surface area contributed by atoms with E-state index < -0.39 is 0 Å². The van der Waals surface area contributed by atoms with E-state index in [2.05, 4.69) is 10.6 Å². The van der Waals surface area contributed by atoms with Crippen LogP contribution in [0.25, 0.3) is 0 Å². The van der Waals surface area contributed by atoms with E-state index in [0.29, 0.717) is 11.4 Å². The van der Waals surface area contributed by atoms with Gasteiger partial charge in [0.2, 0.25) is 5.91 Å². The summed E-state index contributed by atoms with van der Waals surface area (Å²) in [6.07, 6.45) is 2.41. The molecule has 0 saturated carbocycles. The maximum atomic E-state index is 11.6. The lowest BCUT2D eigenvalue weighted by Gasteiger charge is -2.20. The Morgan fingerprint density at radius 3 is 3.00 bits per heavy atom. The molecule has 0 radical (unpaired) electrons. The quantitative estimate of drug-likeness (QED) is 0.896. The fourth-order valence-corrected chi connectivity index (χ4v) is 2.70. The molecule has 1 fully saturated rings. The van der Waals surface area contributed by atoms with Crippen molar-refractivity contribution in [1.82, 2.24) is 5.32 Å². The molecule has 5 heteroatoms. The van der Waals surface area contributed by atoms with Gasteiger partial charge in [-0.1, -0.05) is 11.6 Å². The Morgan fingerprint density at radius 2 is 2.26 bits per heavy atom. The first-order chi connectivity index (χ1) is 9.10. The van der Waals surface area contributed by atoms with Crippen molar-refractivity contribution in [2.45, 2.75) is 32.2 Å². The molecule has 1 unspecified atom stereocenters. The third kappa shape index (κ3) is 3.53. The van der Waals surface area contributed by atoms with E-state index in [1.54, 1.807) is 7.11 Å². The molecule has 1 aromatic carbocycles. The molecule has 0 aromatic heterocycles. The first kappa shape index (κ1) is 14.0. The van der Waals surface area contributed by atoms with Crippen molar-refractivity contribution in [1.29, 1.82) is 0 Å². The highest BCUT2D eigenvalue weighted by Gasteiger charge is 2.19. The summed E-state index contributed by atoms with van der Waals surface area (Å²) in [5.74, 6) is 0.877. The van der Waals surface area contributed by atoms with Crippen molar-refractivity contribution in [3.8, 4) is 5.75 Å². The molecule has 104 valence electrons. The predicted octanol–water partition coefficient (Wildman–Crippen LogP) is 2.74. The van der Waals surface area contributed by atoms with Crippen LogP contribution in [0.15, 0.2) is 12.1 Å². The van der Waals surface area contributed by atoms with E-state index in [4.69, 9.17) is 16.3 Å². The highest BCUT2D eigenvalue weighted by atomic mass is 35.5. The SMILES string of the molecule is COc1c(C)cc(Cl)cc1NC1CCCNC(=O)C1. The van der Waals surface area contributed by atoms with Crippen LogP contribution in [0.2, 0.25) is 5.02 Å². The lowest BCUT2D eigenvalue weighted by molar-refractivity contribution is -0.120. The van der Waals surface area contributed by atoms with Gasteiger partial charge in [-0.3, -0.25) is 4.79 Å². The Kier molecular flexibility index (Phi) is 4.53. The predicted molar refractivity (Wildman–Crippen MR) is 77.0 cm³/mol. The zero-order chi connectivity index (χ0) is 13.8. The smallest absolute Gasteiger partial charge is 0.222 e. The third-order valence-corrected chi connectivity index (χ3v) is 3.50. The summed E-state index contributed by atoms with van der Waals surface area (Å²) in [4.78, 5) is 11.6. The van der Waals surface area contributed by atoms with Gasteiger partial charge in [-0.05, 0) is 37.5 Å². The summed E-state index contributed by atoms with van der Waals surface area (Å²) in [6, 6.07) is 3.83. The molecule has 1 atom stereocenters. The number of carbonyl (C=O) groups is 1. The topological polar surface area (TPSA) is 50.4 Å². The summed E-state index contributed by atoms with van der Waals surface area (Å²) in [6.45, 7) is 2.71. The monoisotopic (exact) mass is 282 g/mol. The summed E-state index contributed by atoms with van der Waals surface area (Å²) >= 11 is 6.08. The summed E-state index contributed by atoms with van der Waals surface area (Å²) < 4.78 is 5.41. The van der Waals surface area contributed by atoms with E-state index >= 15 is 0 Å². The minimum atomic E-state index is 0.0905. The number of nitrogens with one attached hydrogen (secondary N) is 2. The number of halogens is 1. The number of amides is 1. The van der Waals surface area contributed by atoms with E-state index in [1.807, 2.05) is 19.1 Å². The van der Waals surface area contributed by atoms with Gasteiger partial charge in [0.25, 0.3) is 0 Å². The number of rotatable bonds is 3. The molecule has 0 aliphatic carbocycles. The second-order valence-corrected chi connectivity index (χ2v) is 5.28. The molecule has 0 bridgehead atoms. The Balaban J connectivity index is 2.19. The van der Waals surface area contributed by atoms with Gasteiger partial charge >= 0.3 is 0 Å². The Hall–Kier alpha value is -1.42. The molecule has 1 aromatic rings. The molecule has 1 aliphatic rings. The van der Waals surface area contributed by atoms with Crippen LogP contribution in [-0.2, 0) is 4.79 Å². The van der Waals surface area contributed by atoms with Gasteiger partial charge < -0.3 is 15.4 Å². The lowest BCUT2D eigenvalue weighted by atomic mass is 10.1. The lowest BCUT2D eigenvalue weighted by Crippen LogP contribution is -2.27. The maximum absolute atomic E-state index is 11.6. The van der Waals surface area contributed by atoms with Crippen LogP contribution in [-0.4, -0.2) is 25.6 Å². The van der Waals surface area contributed by atoms with Crippen molar-refractivity contribution in [2.75, 3.05) is 19.0 Å². The van der Waals surface area contributed by atoms with E-state index in [0.717, 1.165) is 36.4 Å². The van der Waals surface area contributed by atoms with Gasteiger partial charge in [0.1, 0.15) is 5.75 Å². The maximum Gasteiger partial charge on any atom is 0.222 e. The van der Waals surface area contributed by atoms with Gasteiger partial charge in [-0.25, -0.2) is 0 Å². The average molecular weight is 283 g/mol. The number of hydrogen-bond donors (Lipinski definition) is 2. The van der Waals surface area contributed by atoms with Crippen LogP contribution < -0.4 is 15.4 Å². The van der Waals surface area contributed by atoms with Crippen LogP contribution in [0, 0.1) is 6.92 Å². The van der Waals surface area contributed by atoms with E-state index in [-0.39, 0.29) is 11.9 Å². The molecule has 1 heterocycles. The summed E-state index contributed by atoms with van der Waals surface area (Å²) in [7, 11) is 1.64. The van der Waals surface area contributed by atoms with Crippen molar-refractivity contribution in [2.24, 2.45) is 0 Å². The van der Waals surface area contributed by atoms with Crippen molar-refractivity contribution in [3.05, 3.63) is 22.7 Å². The molecular formula is C14H19ClN2O2. The van der Waals surface area contributed by atoms with E-state index in [1.165, 1.54) is 0 Å². The van der Waals surface area contributed by atoms with Gasteiger partial charge in [0.05, 0.1) is 12.8 Å². The van der Waals surface area contributed by atoms with Gasteiger partial charge in [0, 0.05) is 24.0 Å². The molecule has 1 aliphatic heterocycles. The third-order valence-electron chi connectivity index (χ3n) is 3.29. The largest absolute Gasteiger partial charge is 0.494 e. The normalized spacial score (nSPS) is 19.5. The zero-order valence-corrected chi connectivity index (χ0v) is 12.0. The average Bonchev–Trinajstić information content (AvgIpc) is 2.53. The van der Waals surface area contributed by atoms with Crippen molar-refractivity contribution < 1.29 is 9.53 Å². The van der Waals surface area contributed by atoms with Gasteiger partial charge in [0.15, 0.2) is 0 Å². The minimum absolute atomic E-state index is 0.0905. The fraction of sp³-hybridized carbons (Fsp3) is 0.500.